The minimum absolute atomic E-state index is 0. The van der Waals surface area contributed by atoms with Crippen molar-refractivity contribution in [3.63, 3.8) is 0 Å². The molecule has 0 saturated carbocycles. The van der Waals surface area contributed by atoms with Crippen LogP contribution in [0.1, 0.15) is 10.4 Å². The van der Waals surface area contributed by atoms with Crippen molar-refractivity contribution in [1.82, 2.24) is 5.32 Å². The van der Waals surface area contributed by atoms with Gasteiger partial charge < -0.3 is 5.32 Å². The van der Waals surface area contributed by atoms with Gasteiger partial charge in [0.15, 0.2) is 0 Å². The monoisotopic (exact) mass is 217 g/mol. The number of thiol groups is 1. The molecule has 4 heteroatoms. The standard InChI is InChI=1S/C9H11NOS.ClH/c11-9(10-6-7-12)8-4-2-1-3-5-8;/h1-5,12H,6-7H2,(H,10,11);1H. The van der Waals surface area contributed by atoms with Crippen molar-refractivity contribution in [1.29, 1.82) is 0 Å². The van der Waals surface area contributed by atoms with Crippen molar-refractivity contribution in [2.45, 2.75) is 0 Å². The van der Waals surface area contributed by atoms with Gasteiger partial charge in [0.2, 0.25) is 0 Å². The topological polar surface area (TPSA) is 29.1 Å². The smallest absolute Gasteiger partial charge is 0.251 e. The van der Waals surface area contributed by atoms with Gasteiger partial charge in [-0.25, -0.2) is 0 Å². The molecule has 0 aromatic heterocycles. The Labute approximate surface area is 89.5 Å². The van der Waals surface area contributed by atoms with E-state index < -0.39 is 0 Å². The maximum atomic E-state index is 11.3. The lowest BCUT2D eigenvalue weighted by Crippen LogP contribution is -2.25. The lowest BCUT2D eigenvalue weighted by Gasteiger charge is -2.01. The molecule has 0 unspecified atom stereocenters. The maximum Gasteiger partial charge on any atom is 0.251 e. The molecule has 0 radical (unpaired) electrons. The van der Waals surface area contributed by atoms with E-state index in [4.69, 9.17) is 0 Å². The quantitative estimate of drug-likeness (QED) is 0.743. The second kappa shape index (κ2) is 6.80. The van der Waals surface area contributed by atoms with Gasteiger partial charge in [-0.2, -0.15) is 12.6 Å². The summed E-state index contributed by atoms with van der Waals surface area (Å²) in [6.45, 7) is 0.608. The van der Waals surface area contributed by atoms with Crippen molar-refractivity contribution < 1.29 is 4.79 Å². The van der Waals surface area contributed by atoms with E-state index in [2.05, 4.69) is 17.9 Å². The first-order valence-corrected chi connectivity index (χ1v) is 4.42. The predicted octanol–water partition coefficient (Wildman–Crippen LogP) is 1.77. The molecule has 0 saturated heterocycles. The molecule has 0 bridgehead atoms. The molecule has 0 spiro atoms. The molecule has 13 heavy (non-hydrogen) atoms. The van der Waals surface area contributed by atoms with Crippen LogP contribution in [0.2, 0.25) is 0 Å². The normalized spacial score (nSPS) is 8.69. The van der Waals surface area contributed by atoms with Gasteiger partial charge in [-0.1, -0.05) is 18.2 Å². The summed E-state index contributed by atoms with van der Waals surface area (Å²) < 4.78 is 0. The highest BCUT2D eigenvalue weighted by atomic mass is 35.5. The van der Waals surface area contributed by atoms with Crippen LogP contribution in [0.3, 0.4) is 0 Å². The van der Waals surface area contributed by atoms with Gasteiger partial charge in [0.05, 0.1) is 0 Å². The first-order valence-electron chi connectivity index (χ1n) is 3.78. The fraction of sp³-hybridized carbons (Fsp3) is 0.222. The van der Waals surface area contributed by atoms with Crippen LogP contribution in [0.25, 0.3) is 0 Å². The Morgan fingerprint density at radius 3 is 2.46 bits per heavy atom. The molecular weight excluding hydrogens is 206 g/mol. The van der Waals surface area contributed by atoms with Crippen LogP contribution in [0.15, 0.2) is 30.3 Å². The molecule has 1 N–H and O–H groups in total. The first kappa shape index (κ1) is 12.3. The molecule has 0 aliphatic rings. The number of carbonyl (C=O) groups is 1. The number of carbonyl (C=O) groups excluding carboxylic acids is 1. The van der Waals surface area contributed by atoms with Gasteiger partial charge in [-0.3, -0.25) is 4.79 Å². The number of rotatable bonds is 3. The number of halogens is 1. The average Bonchev–Trinajstić information content (AvgIpc) is 2.15. The Bertz CT molecular complexity index is 253. The molecular formula is C9H12ClNOS. The highest BCUT2D eigenvalue weighted by Crippen LogP contribution is 1.96. The third kappa shape index (κ3) is 4.20. The highest BCUT2D eigenvalue weighted by molar-refractivity contribution is 7.80. The lowest BCUT2D eigenvalue weighted by atomic mass is 10.2. The van der Waals surface area contributed by atoms with Crippen molar-refractivity contribution >= 4 is 30.9 Å². The zero-order chi connectivity index (χ0) is 8.81. The minimum Gasteiger partial charge on any atom is -0.351 e. The van der Waals surface area contributed by atoms with Crippen LogP contribution < -0.4 is 5.32 Å². The zero-order valence-electron chi connectivity index (χ0n) is 7.06. The fourth-order valence-corrected chi connectivity index (χ4v) is 0.973. The largest absolute Gasteiger partial charge is 0.351 e. The third-order valence-corrected chi connectivity index (χ3v) is 1.66. The molecule has 0 aliphatic heterocycles. The summed E-state index contributed by atoms with van der Waals surface area (Å²) in [7, 11) is 0. The van der Waals surface area contributed by atoms with E-state index in [0.29, 0.717) is 17.9 Å². The van der Waals surface area contributed by atoms with E-state index >= 15 is 0 Å². The first-order chi connectivity index (χ1) is 5.84. The van der Waals surface area contributed by atoms with Crippen LogP contribution in [-0.2, 0) is 0 Å². The Morgan fingerprint density at radius 2 is 1.92 bits per heavy atom. The lowest BCUT2D eigenvalue weighted by molar-refractivity contribution is 0.0956. The number of benzene rings is 1. The minimum atomic E-state index is -0.0374. The summed E-state index contributed by atoms with van der Waals surface area (Å²) in [4.78, 5) is 11.3. The van der Waals surface area contributed by atoms with E-state index in [1.54, 1.807) is 12.1 Å². The molecule has 0 fully saturated rings. The van der Waals surface area contributed by atoms with Gasteiger partial charge >= 0.3 is 0 Å². The molecule has 1 rings (SSSR count). The van der Waals surface area contributed by atoms with Crippen molar-refractivity contribution in [2.75, 3.05) is 12.3 Å². The molecule has 1 amide bonds. The van der Waals surface area contributed by atoms with E-state index in [1.807, 2.05) is 18.2 Å². The van der Waals surface area contributed by atoms with Crippen LogP contribution >= 0.6 is 25.0 Å². The van der Waals surface area contributed by atoms with E-state index in [0.717, 1.165) is 0 Å². The summed E-state index contributed by atoms with van der Waals surface area (Å²) in [5.41, 5.74) is 0.694. The number of amides is 1. The van der Waals surface area contributed by atoms with Crippen molar-refractivity contribution in [2.24, 2.45) is 0 Å². The Balaban J connectivity index is 0.00000144. The second-order valence-corrected chi connectivity index (χ2v) is 2.79. The van der Waals surface area contributed by atoms with Crippen LogP contribution in [0, 0.1) is 0 Å². The number of hydrogen-bond acceptors (Lipinski definition) is 2. The van der Waals surface area contributed by atoms with Crippen LogP contribution in [0.5, 0.6) is 0 Å². The van der Waals surface area contributed by atoms with Crippen LogP contribution in [-0.4, -0.2) is 18.2 Å². The van der Waals surface area contributed by atoms with E-state index in [9.17, 15) is 4.79 Å². The molecule has 0 aliphatic carbocycles. The van der Waals surface area contributed by atoms with Gasteiger partial charge in [-0.15, -0.1) is 12.4 Å². The predicted molar refractivity (Wildman–Crippen MR) is 59.9 cm³/mol. The SMILES string of the molecule is Cl.O=C(NCCS)c1ccccc1. The third-order valence-electron chi connectivity index (χ3n) is 1.43. The molecule has 2 nitrogen and oxygen atoms in total. The van der Waals surface area contributed by atoms with Gasteiger partial charge in [0, 0.05) is 17.9 Å². The highest BCUT2D eigenvalue weighted by Gasteiger charge is 2.00. The van der Waals surface area contributed by atoms with Gasteiger partial charge in [-0.05, 0) is 12.1 Å². The molecule has 1 aromatic rings. The van der Waals surface area contributed by atoms with Crippen molar-refractivity contribution in [3.05, 3.63) is 35.9 Å². The van der Waals surface area contributed by atoms with Gasteiger partial charge in [0.25, 0.3) is 5.91 Å². The molecule has 1 aromatic carbocycles. The van der Waals surface area contributed by atoms with Crippen LogP contribution in [0.4, 0.5) is 0 Å². The van der Waals surface area contributed by atoms with Crippen molar-refractivity contribution in [3.8, 4) is 0 Å². The van der Waals surface area contributed by atoms with Gasteiger partial charge in [0.1, 0.15) is 0 Å². The summed E-state index contributed by atoms with van der Waals surface area (Å²) in [6.07, 6.45) is 0. The Morgan fingerprint density at radius 1 is 1.31 bits per heavy atom. The summed E-state index contributed by atoms with van der Waals surface area (Å²) in [6, 6.07) is 9.14. The number of hydrogen-bond donors (Lipinski definition) is 2. The fourth-order valence-electron chi connectivity index (χ4n) is 0.861. The summed E-state index contributed by atoms with van der Waals surface area (Å²) in [5.74, 6) is 0.628. The number of nitrogens with one attached hydrogen (secondary N) is 1. The maximum absolute atomic E-state index is 11.3. The van der Waals surface area contributed by atoms with E-state index in [1.165, 1.54) is 0 Å². The zero-order valence-corrected chi connectivity index (χ0v) is 8.78. The molecule has 0 atom stereocenters. The Hall–Kier alpha value is -0.670. The van der Waals surface area contributed by atoms with E-state index in [-0.39, 0.29) is 18.3 Å². The summed E-state index contributed by atoms with van der Waals surface area (Å²) in [5, 5.41) is 2.73. The molecule has 72 valence electrons. The average molecular weight is 218 g/mol. The summed E-state index contributed by atoms with van der Waals surface area (Å²) >= 11 is 3.99. The molecule has 0 heterocycles. The Kier molecular flexibility index (Phi) is 6.45. The second-order valence-electron chi connectivity index (χ2n) is 2.35.